The molecule has 0 saturated carbocycles. The molecular formula is C22H20N4O4. The van der Waals surface area contributed by atoms with Crippen molar-refractivity contribution in [3.8, 4) is 16.9 Å². The molecule has 4 heterocycles. The largest absolute Gasteiger partial charge is 0.497 e. The molecule has 0 N–H and O–H groups in total. The lowest BCUT2D eigenvalue weighted by molar-refractivity contribution is -0.0250. The van der Waals surface area contributed by atoms with Gasteiger partial charge < -0.3 is 18.8 Å². The number of benzene rings is 1. The van der Waals surface area contributed by atoms with Crippen LogP contribution in [0.2, 0.25) is 0 Å². The summed E-state index contributed by atoms with van der Waals surface area (Å²) in [6, 6.07) is 15.2. The van der Waals surface area contributed by atoms with Crippen LogP contribution in [-0.2, 0) is 4.74 Å². The average Bonchev–Trinajstić information content (AvgIpc) is 3.48. The molecule has 0 aliphatic carbocycles. The Morgan fingerprint density at radius 2 is 1.97 bits per heavy atom. The van der Waals surface area contributed by atoms with Crippen LogP contribution >= 0.6 is 0 Å². The lowest BCUT2D eigenvalue weighted by Crippen LogP contribution is -2.42. The number of nitrogens with zero attached hydrogens (tertiary/aromatic N) is 4. The lowest BCUT2D eigenvalue weighted by Gasteiger charge is -2.31. The maximum atomic E-state index is 12.6. The number of ether oxygens (including phenoxy) is 2. The molecule has 1 amide bonds. The van der Waals surface area contributed by atoms with Crippen molar-refractivity contribution in [3.05, 3.63) is 72.4 Å². The summed E-state index contributed by atoms with van der Waals surface area (Å²) in [5.41, 5.74) is 3.64. The SMILES string of the molecule is COc1ccc(-c2ccc3c([C@@H]4CN(C(=O)c5ccco5)CCO4)nnn3c2)cc1. The van der Waals surface area contributed by atoms with Crippen molar-refractivity contribution in [2.45, 2.75) is 6.10 Å². The normalized spacial score (nSPS) is 16.7. The summed E-state index contributed by atoms with van der Waals surface area (Å²) in [4.78, 5) is 14.3. The van der Waals surface area contributed by atoms with Crippen LogP contribution in [0, 0.1) is 0 Å². The topological polar surface area (TPSA) is 82.1 Å². The van der Waals surface area contributed by atoms with Gasteiger partial charge in [-0.25, -0.2) is 4.52 Å². The zero-order chi connectivity index (χ0) is 20.5. The molecule has 1 aliphatic rings. The fraction of sp³-hybridized carbons (Fsp3) is 0.227. The van der Waals surface area contributed by atoms with Gasteiger partial charge in [-0.15, -0.1) is 5.10 Å². The zero-order valence-electron chi connectivity index (χ0n) is 16.4. The van der Waals surface area contributed by atoms with Crippen molar-refractivity contribution in [2.24, 2.45) is 0 Å². The van der Waals surface area contributed by atoms with E-state index < -0.39 is 0 Å². The second-order valence-corrected chi connectivity index (χ2v) is 7.04. The van der Waals surface area contributed by atoms with Gasteiger partial charge in [0.1, 0.15) is 17.5 Å². The number of morpholine rings is 1. The molecule has 4 aromatic rings. The van der Waals surface area contributed by atoms with E-state index in [0.717, 1.165) is 22.4 Å². The van der Waals surface area contributed by atoms with Crippen molar-refractivity contribution < 1.29 is 18.7 Å². The van der Waals surface area contributed by atoms with E-state index >= 15 is 0 Å². The highest BCUT2D eigenvalue weighted by Crippen LogP contribution is 2.28. The Morgan fingerprint density at radius 1 is 1.13 bits per heavy atom. The summed E-state index contributed by atoms with van der Waals surface area (Å²) in [7, 11) is 1.65. The Labute approximate surface area is 172 Å². The number of fused-ring (bicyclic) bond motifs is 1. The Hall–Kier alpha value is -3.65. The molecule has 0 radical (unpaired) electrons. The molecule has 0 bridgehead atoms. The Morgan fingerprint density at radius 3 is 2.73 bits per heavy atom. The number of furan rings is 1. The van der Waals surface area contributed by atoms with Crippen LogP contribution in [0.1, 0.15) is 22.4 Å². The van der Waals surface area contributed by atoms with E-state index in [-0.39, 0.29) is 12.0 Å². The second-order valence-electron chi connectivity index (χ2n) is 7.04. The van der Waals surface area contributed by atoms with Crippen molar-refractivity contribution in [1.29, 1.82) is 0 Å². The fourth-order valence-corrected chi connectivity index (χ4v) is 3.65. The smallest absolute Gasteiger partial charge is 0.289 e. The Kier molecular flexibility index (Phi) is 4.68. The molecule has 8 nitrogen and oxygen atoms in total. The molecule has 30 heavy (non-hydrogen) atoms. The van der Waals surface area contributed by atoms with Gasteiger partial charge in [-0.2, -0.15) is 0 Å². The second kappa shape index (κ2) is 7.64. The van der Waals surface area contributed by atoms with Crippen LogP contribution < -0.4 is 4.74 Å². The standard InChI is InChI=1S/C22H20N4O4/c1-28-17-7-4-15(5-8-17)16-6-9-18-21(23-24-26(18)13-16)20-14-25(10-12-30-20)22(27)19-3-2-11-29-19/h2-9,11,13,20H,10,12,14H2,1H3/t20-/m0/s1. The summed E-state index contributed by atoms with van der Waals surface area (Å²) in [6.45, 7) is 1.34. The predicted molar refractivity (Wildman–Crippen MR) is 108 cm³/mol. The highest BCUT2D eigenvalue weighted by atomic mass is 16.5. The maximum absolute atomic E-state index is 12.6. The van der Waals surface area contributed by atoms with Gasteiger partial charge in [0.15, 0.2) is 5.76 Å². The Bertz CT molecular complexity index is 1170. The van der Waals surface area contributed by atoms with Gasteiger partial charge in [0.25, 0.3) is 5.91 Å². The van der Waals surface area contributed by atoms with E-state index in [1.54, 1.807) is 28.7 Å². The first-order valence-corrected chi connectivity index (χ1v) is 9.67. The third-order valence-corrected chi connectivity index (χ3v) is 5.25. The molecule has 0 unspecified atom stereocenters. The van der Waals surface area contributed by atoms with E-state index in [4.69, 9.17) is 13.9 Å². The minimum atomic E-state index is -0.345. The molecule has 3 aromatic heterocycles. The van der Waals surface area contributed by atoms with E-state index in [0.29, 0.717) is 31.2 Å². The number of carbonyl (C=O) groups excluding carboxylic acids is 1. The first kappa shape index (κ1) is 18.4. The molecule has 8 heteroatoms. The van der Waals surface area contributed by atoms with Gasteiger partial charge in [0, 0.05) is 18.3 Å². The van der Waals surface area contributed by atoms with Crippen LogP contribution in [0.3, 0.4) is 0 Å². The average molecular weight is 404 g/mol. The van der Waals surface area contributed by atoms with Gasteiger partial charge >= 0.3 is 0 Å². The molecule has 1 saturated heterocycles. The van der Waals surface area contributed by atoms with Gasteiger partial charge in [-0.3, -0.25) is 4.79 Å². The number of hydrogen-bond donors (Lipinski definition) is 0. The summed E-state index contributed by atoms with van der Waals surface area (Å²) in [6.07, 6.45) is 3.09. The van der Waals surface area contributed by atoms with E-state index in [1.165, 1.54) is 6.26 Å². The molecule has 5 rings (SSSR count). The number of amides is 1. The molecule has 1 atom stereocenters. The van der Waals surface area contributed by atoms with E-state index in [2.05, 4.69) is 10.3 Å². The molecule has 152 valence electrons. The lowest BCUT2D eigenvalue weighted by atomic mass is 10.1. The van der Waals surface area contributed by atoms with Gasteiger partial charge in [0.2, 0.25) is 0 Å². The van der Waals surface area contributed by atoms with Crippen molar-refractivity contribution in [1.82, 2.24) is 19.7 Å². The summed E-state index contributed by atoms with van der Waals surface area (Å²) in [5, 5.41) is 8.62. The number of aromatic nitrogens is 3. The number of methoxy groups -OCH3 is 1. The molecule has 0 spiro atoms. The van der Waals surface area contributed by atoms with Crippen LogP contribution in [0.25, 0.3) is 16.6 Å². The first-order chi connectivity index (χ1) is 14.7. The molecular weight excluding hydrogens is 384 g/mol. The van der Waals surface area contributed by atoms with Gasteiger partial charge in [-0.05, 0) is 35.9 Å². The predicted octanol–water partition coefficient (Wildman–Crippen LogP) is 3.21. The number of carbonyl (C=O) groups is 1. The van der Waals surface area contributed by atoms with Crippen LogP contribution in [-0.4, -0.2) is 52.4 Å². The van der Waals surface area contributed by atoms with E-state index in [9.17, 15) is 4.79 Å². The number of pyridine rings is 1. The minimum Gasteiger partial charge on any atom is -0.497 e. The number of rotatable bonds is 4. The van der Waals surface area contributed by atoms with Crippen molar-refractivity contribution >= 4 is 11.4 Å². The van der Waals surface area contributed by atoms with Crippen molar-refractivity contribution in [2.75, 3.05) is 26.8 Å². The Balaban J connectivity index is 1.40. The summed E-state index contributed by atoms with van der Waals surface area (Å²) >= 11 is 0. The van der Waals surface area contributed by atoms with Crippen molar-refractivity contribution in [3.63, 3.8) is 0 Å². The molecule has 1 aliphatic heterocycles. The highest BCUT2D eigenvalue weighted by Gasteiger charge is 2.30. The van der Waals surface area contributed by atoms with Crippen LogP contribution in [0.4, 0.5) is 0 Å². The third kappa shape index (κ3) is 3.31. The van der Waals surface area contributed by atoms with E-state index in [1.807, 2.05) is 42.6 Å². The summed E-state index contributed by atoms with van der Waals surface area (Å²) < 4.78 is 18.1. The van der Waals surface area contributed by atoms with Gasteiger partial charge in [0.05, 0.1) is 32.0 Å². The van der Waals surface area contributed by atoms with Crippen LogP contribution in [0.15, 0.2) is 65.4 Å². The maximum Gasteiger partial charge on any atom is 0.289 e. The summed E-state index contributed by atoms with van der Waals surface area (Å²) in [5.74, 6) is 0.991. The first-order valence-electron chi connectivity index (χ1n) is 9.67. The monoisotopic (exact) mass is 404 g/mol. The quantitative estimate of drug-likeness (QED) is 0.520. The molecule has 1 aromatic carbocycles. The van der Waals surface area contributed by atoms with Gasteiger partial charge in [-0.1, -0.05) is 23.4 Å². The zero-order valence-corrected chi connectivity index (χ0v) is 16.4. The minimum absolute atomic E-state index is 0.147. The fourth-order valence-electron chi connectivity index (χ4n) is 3.65. The third-order valence-electron chi connectivity index (χ3n) is 5.25. The number of hydrogen-bond acceptors (Lipinski definition) is 6. The highest BCUT2D eigenvalue weighted by molar-refractivity contribution is 5.91. The van der Waals surface area contributed by atoms with Crippen LogP contribution in [0.5, 0.6) is 5.75 Å². The molecule has 1 fully saturated rings.